The second kappa shape index (κ2) is 9.51. The zero-order valence-corrected chi connectivity index (χ0v) is 22.1. The van der Waals surface area contributed by atoms with Gasteiger partial charge in [-0.05, 0) is 49.2 Å². The summed E-state index contributed by atoms with van der Waals surface area (Å²) in [6, 6.07) is 14.9. The summed E-state index contributed by atoms with van der Waals surface area (Å²) in [5.41, 5.74) is 10.5. The predicted octanol–water partition coefficient (Wildman–Crippen LogP) is 4.85. The minimum absolute atomic E-state index is 0.314. The third kappa shape index (κ3) is 4.63. The van der Waals surface area contributed by atoms with Crippen molar-refractivity contribution in [1.82, 2.24) is 35.0 Å². The molecule has 2 atom stereocenters. The summed E-state index contributed by atoms with van der Waals surface area (Å²) in [5.74, 6) is 1.75. The number of H-pyrrole nitrogens is 1. The summed E-state index contributed by atoms with van der Waals surface area (Å²) < 4.78 is 38.5. The number of hydrogen-bond donors (Lipinski definition) is 2. The van der Waals surface area contributed by atoms with Crippen LogP contribution in [-0.4, -0.2) is 60.2 Å². The van der Waals surface area contributed by atoms with Gasteiger partial charge in [0.25, 0.3) is 0 Å². The van der Waals surface area contributed by atoms with Gasteiger partial charge in [-0.2, -0.15) is 18.3 Å². The van der Waals surface area contributed by atoms with Crippen molar-refractivity contribution in [2.24, 2.45) is 0 Å². The van der Waals surface area contributed by atoms with Crippen molar-refractivity contribution < 1.29 is 13.2 Å². The molecule has 0 aliphatic carbocycles. The number of nitrogens with zero attached hydrogens (tertiary/aromatic N) is 7. The molecule has 2 bridgehead atoms. The fourth-order valence-corrected chi connectivity index (χ4v) is 5.84. The van der Waals surface area contributed by atoms with Crippen molar-refractivity contribution in [3.05, 3.63) is 77.9 Å². The van der Waals surface area contributed by atoms with Gasteiger partial charge in [-0.15, -0.1) is 0 Å². The summed E-state index contributed by atoms with van der Waals surface area (Å²) in [5, 5.41) is 8.09. The third-order valence-corrected chi connectivity index (χ3v) is 7.89. The molecule has 4 aromatic heterocycles. The topological polar surface area (TPSA) is 113 Å². The molecule has 0 radical (unpaired) electrons. The molecule has 3 aliphatic rings. The Bertz CT molecular complexity index is 1720. The number of fused-ring (bicyclic) bond motifs is 3. The summed E-state index contributed by atoms with van der Waals surface area (Å²) in [6.45, 7) is 4.13. The van der Waals surface area contributed by atoms with Gasteiger partial charge in [0.1, 0.15) is 17.3 Å². The van der Waals surface area contributed by atoms with Crippen LogP contribution in [0.1, 0.15) is 23.4 Å². The van der Waals surface area contributed by atoms with Crippen molar-refractivity contribution in [2.45, 2.75) is 38.1 Å². The minimum Gasteiger partial charge on any atom is -0.383 e. The Morgan fingerprint density at radius 2 is 1.83 bits per heavy atom. The van der Waals surface area contributed by atoms with E-state index < -0.39 is 11.9 Å². The lowest BCUT2D eigenvalue weighted by molar-refractivity contribution is -0.141. The number of nitrogens with two attached hydrogens (primary N) is 1. The number of hydrogen-bond acceptors (Lipinski definition) is 8. The normalized spacial score (nSPS) is 19.0. The van der Waals surface area contributed by atoms with Gasteiger partial charge in [0.2, 0.25) is 0 Å². The van der Waals surface area contributed by atoms with Crippen LogP contribution in [-0.2, 0) is 12.7 Å². The summed E-state index contributed by atoms with van der Waals surface area (Å²) in [6.07, 6.45) is -0.268. The molecule has 3 fully saturated rings. The smallest absolute Gasteiger partial charge is 0.383 e. The van der Waals surface area contributed by atoms with E-state index in [4.69, 9.17) is 15.7 Å². The average molecular weight is 558 g/mol. The Morgan fingerprint density at radius 1 is 1.00 bits per heavy atom. The van der Waals surface area contributed by atoms with E-state index in [0.29, 0.717) is 30.3 Å². The number of aromatic nitrogens is 6. The summed E-state index contributed by atoms with van der Waals surface area (Å²) in [7, 11) is 0. The van der Waals surface area contributed by atoms with E-state index in [9.17, 15) is 13.2 Å². The molecule has 0 spiro atoms. The maximum Gasteiger partial charge on any atom is 0.433 e. The van der Waals surface area contributed by atoms with Gasteiger partial charge in [-0.3, -0.25) is 15.0 Å². The second-order valence-electron chi connectivity index (χ2n) is 10.6. The monoisotopic (exact) mass is 557 g/mol. The molecular formula is C29H26F3N9. The largest absolute Gasteiger partial charge is 0.433 e. The summed E-state index contributed by atoms with van der Waals surface area (Å²) >= 11 is 0. The highest BCUT2D eigenvalue weighted by Crippen LogP contribution is 2.36. The molecule has 8 rings (SSSR count). The molecule has 208 valence electrons. The van der Waals surface area contributed by atoms with E-state index in [1.165, 1.54) is 12.3 Å². The minimum atomic E-state index is -4.43. The van der Waals surface area contributed by atoms with Crippen LogP contribution in [0.3, 0.4) is 0 Å². The predicted molar refractivity (Wildman–Crippen MR) is 149 cm³/mol. The lowest BCUT2D eigenvalue weighted by atomic mass is 9.87. The Kier molecular flexibility index (Phi) is 5.89. The van der Waals surface area contributed by atoms with Crippen molar-refractivity contribution >= 4 is 22.5 Å². The first-order chi connectivity index (χ1) is 19.7. The van der Waals surface area contributed by atoms with Crippen LogP contribution in [0.15, 0.2) is 60.9 Å². The van der Waals surface area contributed by atoms with Crippen molar-refractivity contribution in [3.8, 4) is 22.6 Å². The number of nitrogen functional groups attached to an aromatic ring is 1. The van der Waals surface area contributed by atoms with E-state index in [2.05, 4.69) is 30.0 Å². The van der Waals surface area contributed by atoms with Crippen LogP contribution in [0, 0.1) is 6.92 Å². The molecule has 5 aromatic rings. The van der Waals surface area contributed by atoms with Gasteiger partial charge >= 0.3 is 6.18 Å². The molecule has 1 aromatic carbocycles. The zero-order chi connectivity index (χ0) is 28.3. The number of halogens is 3. The molecule has 0 amide bonds. The summed E-state index contributed by atoms with van der Waals surface area (Å²) in [4.78, 5) is 22.3. The van der Waals surface area contributed by atoms with Gasteiger partial charge in [0, 0.05) is 60.9 Å². The average Bonchev–Trinajstić information content (AvgIpc) is 3.41. The quantitative estimate of drug-likeness (QED) is 0.316. The maximum atomic E-state index is 12.8. The Morgan fingerprint density at radius 3 is 2.49 bits per heavy atom. The Labute approximate surface area is 233 Å². The van der Waals surface area contributed by atoms with Crippen LogP contribution < -0.4 is 10.6 Å². The molecule has 3 aliphatic heterocycles. The first-order valence-corrected chi connectivity index (χ1v) is 13.3. The molecule has 41 heavy (non-hydrogen) atoms. The SMILES string of the molecule is Cc1cc(-c2cccc3nc(-c4ccc(N5CC6CC(C5)N6Cc5ccc(C(F)(F)F)nc5)nc4)nc(N)c23)n[nH]1. The third-order valence-electron chi connectivity index (χ3n) is 7.89. The fraction of sp³-hybridized carbons (Fsp3) is 0.276. The molecule has 9 nitrogen and oxygen atoms in total. The molecule has 3 N–H and O–H groups in total. The lowest BCUT2D eigenvalue weighted by Crippen LogP contribution is -2.68. The van der Waals surface area contributed by atoms with E-state index in [-0.39, 0.29) is 0 Å². The van der Waals surface area contributed by atoms with Crippen molar-refractivity contribution in [3.63, 3.8) is 0 Å². The fourth-order valence-electron chi connectivity index (χ4n) is 5.84. The van der Waals surface area contributed by atoms with E-state index >= 15 is 0 Å². The molecule has 3 saturated heterocycles. The number of pyridine rings is 2. The number of piperazine rings is 1. The van der Waals surface area contributed by atoms with Gasteiger partial charge in [0.15, 0.2) is 5.82 Å². The highest BCUT2D eigenvalue weighted by atomic mass is 19.4. The van der Waals surface area contributed by atoms with E-state index in [0.717, 1.165) is 70.4 Å². The van der Waals surface area contributed by atoms with Crippen LogP contribution in [0.25, 0.3) is 33.5 Å². The van der Waals surface area contributed by atoms with Gasteiger partial charge < -0.3 is 10.6 Å². The molecule has 2 unspecified atom stereocenters. The van der Waals surface area contributed by atoms with Crippen molar-refractivity contribution in [2.75, 3.05) is 23.7 Å². The van der Waals surface area contributed by atoms with E-state index in [1.807, 2.05) is 43.3 Å². The number of aromatic amines is 1. The highest BCUT2D eigenvalue weighted by Gasteiger charge is 2.44. The molecule has 7 heterocycles. The van der Waals surface area contributed by atoms with Crippen LogP contribution in [0.5, 0.6) is 0 Å². The van der Waals surface area contributed by atoms with Gasteiger partial charge in [-0.1, -0.05) is 18.2 Å². The zero-order valence-electron chi connectivity index (χ0n) is 22.1. The number of alkyl halides is 3. The van der Waals surface area contributed by atoms with Gasteiger partial charge in [-0.25, -0.2) is 15.0 Å². The molecule has 0 saturated carbocycles. The Balaban J connectivity index is 1.05. The highest BCUT2D eigenvalue weighted by molar-refractivity contribution is 6.01. The standard InChI is InChI=1S/C29H26F3N9/c1-16-9-23(39-38-16)21-3-2-4-22-26(21)27(33)37-28(36-22)18-6-8-25(35-12-18)40-14-19-10-20(15-40)41(19)13-17-5-7-24(34-11-17)29(30,31)32/h2-9,11-12,19-20H,10,13-15H2,1H3,(H,38,39)(H2,33,36,37). The number of rotatable bonds is 5. The van der Waals surface area contributed by atoms with Crippen LogP contribution in [0.2, 0.25) is 0 Å². The number of anilines is 2. The van der Waals surface area contributed by atoms with Crippen molar-refractivity contribution in [1.29, 1.82) is 0 Å². The number of piperidine rings is 1. The van der Waals surface area contributed by atoms with E-state index in [1.54, 1.807) is 6.20 Å². The number of aryl methyl sites for hydroxylation is 1. The number of benzene rings is 1. The first-order valence-electron chi connectivity index (χ1n) is 13.3. The van der Waals surface area contributed by atoms with Crippen LogP contribution >= 0.6 is 0 Å². The number of nitrogens with one attached hydrogen (secondary N) is 1. The molecular weight excluding hydrogens is 531 g/mol. The maximum absolute atomic E-state index is 12.8. The molecule has 12 heteroatoms. The van der Waals surface area contributed by atoms with Gasteiger partial charge in [0.05, 0.1) is 16.6 Å². The second-order valence-corrected chi connectivity index (χ2v) is 10.6. The Hall–Kier alpha value is -4.58. The lowest BCUT2D eigenvalue weighted by Gasteiger charge is -2.56. The van der Waals surface area contributed by atoms with Crippen LogP contribution in [0.4, 0.5) is 24.8 Å². The first kappa shape index (κ1) is 25.4.